The van der Waals surface area contributed by atoms with Crippen molar-refractivity contribution in [3.8, 4) is 0 Å². The fourth-order valence-electron chi connectivity index (χ4n) is 4.23. The Morgan fingerprint density at radius 1 is 0.833 bits per heavy atom. The van der Waals surface area contributed by atoms with Crippen molar-refractivity contribution in [3.05, 3.63) is 35.9 Å². The Labute approximate surface area is 148 Å². The van der Waals surface area contributed by atoms with E-state index in [1.165, 1.54) is 90.1 Å². The molecular weight excluding hydrogens is 294 g/mol. The van der Waals surface area contributed by atoms with Gasteiger partial charge in [0.25, 0.3) is 0 Å². The van der Waals surface area contributed by atoms with E-state index in [4.69, 9.17) is 0 Å². The number of unbranched alkanes of at least 4 members (excludes halogenated alkanes) is 1. The van der Waals surface area contributed by atoms with Crippen LogP contribution < -0.4 is 0 Å². The highest BCUT2D eigenvalue weighted by Gasteiger charge is 2.22. The van der Waals surface area contributed by atoms with E-state index < -0.39 is 0 Å². The third kappa shape index (κ3) is 5.58. The van der Waals surface area contributed by atoms with Gasteiger partial charge in [-0.2, -0.15) is 0 Å². The zero-order valence-corrected chi connectivity index (χ0v) is 15.5. The van der Waals surface area contributed by atoms with Gasteiger partial charge in [-0.05, 0) is 63.3 Å². The maximum Gasteiger partial charge on any atom is 0.0110 e. The molecule has 0 amide bonds. The minimum atomic E-state index is 0.870. The van der Waals surface area contributed by atoms with E-state index in [1.54, 1.807) is 0 Å². The second kappa shape index (κ2) is 9.55. The molecule has 24 heavy (non-hydrogen) atoms. The van der Waals surface area contributed by atoms with Crippen molar-refractivity contribution < 1.29 is 0 Å². The smallest absolute Gasteiger partial charge is 0.0110 e. The molecule has 1 aromatic carbocycles. The van der Waals surface area contributed by atoms with Gasteiger partial charge < -0.3 is 14.7 Å². The lowest BCUT2D eigenvalue weighted by molar-refractivity contribution is 0.134. The Bertz CT molecular complexity index is 453. The van der Waals surface area contributed by atoms with Crippen LogP contribution in [0.4, 0.5) is 0 Å². The Morgan fingerprint density at radius 2 is 1.50 bits per heavy atom. The minimum Gasteiger partial charge on any atom is -0.303 e. The first-order valence-corrected chi connectivity index (χ1v) is 10.0. The molecule has 3 nitrogen and oxygen atoms in total. The quantitative estimate of drug-likeness (QED) is 0.679. The lowest BCUT2D eigenvalue weighted by Crippen LogP contribution is -2.46. The van der Waals surface area contributed by atoms with Gasteiger partial charge in [0.05, 0.1) is 0 Å². The van der Waals surface area contributed by atoms with Crippen LogP contribution in [0, 0.1) is 5.92 Å². The van der Waals surface area contributed by atoms with Crippen LogP contribution in [0.1, 0.15) is 31.7 Å². The van der Waals surface area contributed by atoms with Crippen LogP contribution in [0.25, 0.3) is 0 Å². The molecule has 0 N–H and O–H groups in total. The Balaban J connectivity index is 1.26. The number of piperazine rings is 1. The van der Waals surface area contributed by atoms with Crippen LogP contribution in [0.2, 0.25) is 0 Å². The normalized spacial score (nSPS) is 23.8. The zero-order valence-electron chi connectivity index (χ0n) is 15.5. The first-order chi connectivity index (χ1) is 11.8. The Kier molecular flexibility index (Phi) is 7.13. The van der Waals surface area contributed by atoms with Gasteiger partial charge in [-0.25, -0.2) is 0 Å². The van der Waals surface area contributed by atoms with E-state index >= 15 is 0 Å². The maximum absolute atomic E-state index is 2.70. The second-order valence-electron chi connectivity index (χ2n) is 7.63. The lowest BCUT2D eigenvalue weighted by atomic mass is 9.99. The van der Waals surface area contributed by atoms with Crippen molar-refractivity contribution in [2.45, 2.75) is 32.6 Å². The molecule has 0 saturated carbocycles. The monoisotopic (exact) mass is 329 g/mol. The molecule has 2 fully saturated rings. The molecule has 0 spiro atoms. The van der Waals surface area contributed by atoms with Gasteiger partial charge in [-0.15, -0.1) is 0 Å². The van der Waals surface area contributed by atoms with Gasteiger partial charge in [-0.3, -0.25) is 0 Å². The molecule has 3 rings (SSSR count). The molecule has 0 radical (unpaired) electrons. The molecule has 1 unspecified atom stereocenters. The lowest BCUT2D eigenvalue weighted by Gasteiger charge is -2.34. The predicted octanol–water partition coefficient (Wildman–Crippen LogP) is 2.97. The maximum atomic E-state index is 2.70. The summed E-state index contributed by atoms with van der Waals surface area (Å²) in [5.74, 6) is 0.870. The first kappa shape index (κ1) is 17.9. The highest BCUT2D eigenvalue weighted by molar-refractivity contribution is 5.15. The molecule has 134 valence electrons. The summed E-state index contributed by atoms with van der Waals surface area (Å²) < 4.78 is 0. The highest BCUT2D eigenvalue weighted by atomic mass is 15.3. The molecule has 2 heterocycles. The molecule has 2 aliphatic rings. The molecule has 0 aliphatic carbocycles. The summed E-state index contributed by atoms with van der Waals surface area (Å²) in [6, 6.07) is 11.0. The van der Waals surface area contributed by atoms with Crippen molar-refractivity contribution >= 4 is 0 Å². The second-order valence-corrected chi connectivity index (χ2v) is 7.63. The van der Waals surface area contributed by atoms with E-state index in [-0.39, 0.29) is 0 Å². The minimum absolute atomic E-state index is 0.870. The summed E-state index contributed by atoms with van der Waals surface area (Å²) in [7, 11) is 0. The summed E-state index contributed by atoms with van der Waals surface area (Å²) >= 11 is 0. The SMILES string of the molecule is CCN1CCN(CCCCN2CCC(Cc3ccccc3)C2)CC1. The topological polar surface area (TPSA) is 9.72 Å². The first-order valence-electron chi connectivity index (χ1n) is 10.0. The van der Waals surface area contributed by atoms with E-state index in [9.17, 15) is 0 Å². The molecule has 2 aliphatic heterocycles. The van der Waals surface area contributed by atoms with Gasteiger partial charge in [0.15, 0.2) is 0 Å². The fraction of sp³-hybridized carbons (Fsp3) is 0.714. The summed E-state index contributed by atoms with van der Waals surface area (Å²) in [4.78, 5) is 7.92. The van der Waals surface area contributed by atoms with Crippen LogP contribution in [0.5, 0.6) is 0 Å². The average Bonchev–Trinajstić information content (AvgIpc) is 3.07. The number of hydrogen-bond acceptors (Lipinski definition) is 3. The Hall–Kier alpha value is -0.900. The Morgan fingerprint density at radius 3 is 2.21 bits per heavy atom. The van der Waals surface area contributed by atoms with Crippen LogP contribution in [-0.4, -0.2) is 73.6 Å². The van der Waals surface area contributed by atoms with Gasteiger partial charge in [0.1, 0.15) is 0 Å². The molecule has 0 aromatic heterocycles. The largest absolute Gasteiger partial charge is 0.303 e. The summed E-state index contributed by atoms with van der Waals surface area (Å²) in [6.07, 6.45) is 5.38. The van der Waals surface area contributed by atoms with E-state index in [0.29, 0.717) is 0 Å². The molecule has 1 atom stereocenters. The third-order valence-electron chi connectivity index (χ3n) is 5.85. The standard InChI is InChI=1S/C21H35N3/c1-2-22-14-16-23(17-15-22)11-6-7-12-24-13-10-21(19-24)18-20-8-4-3-5-9-20/h3-5,8-9,21H,2,6-7,10-19H2,1H3. The van der Waals surface area contributed by atoms with Crippen LogP contribution in [0.3, 0.4) is 0 Å². The van der Waals surface area contributed by atoms with Crippen molar-refractivity contribution in [2.75, 3.05) is 58.9 Å². The van der Waals surface area contributed by atoms with Crippen molar-refractivity contribution in [3.63, 3.8) is 0 Å². The van der Waals surface area contributed by atoms with E-state index in [0.717, 1.165) is 5.92 Å². The van der Waals surface area contributed by atoms with Crippen molar-refractivity contribution in [1.82, 2.24) is 14.7 Å². The molecular formula is C21H35N3. The number of benzene rings is 1. The summed E-state index contributed by atoms with van der Waals surface area (Å²) in [6.45, 7) is 13.8. The number of rotatable bonds is 8. The molecule has 0 bridgehead atoms. The third-order valence-corrected chi connectivity index (χ3v) is 5.85. The van der Waals surface area contributed by atoms with E-state index in [1.807, 2.05) is 0 Å². The molecule has 2 saturated heterocycles. The number of hydrogen-bond donors (Lipinski definition) is 0. The number of likely N-dealkylation sites (tertiary alicyclic amines) is 1. The van der Waals surface area contributed by atoms with Crippen molar-refractivity contribution in [1.29, 1.82) is 0 Å². The van der Waals surface area contributed by atoms with Gasteiger partial charge in [0.2, 0.25) is 0 Å². The highest BCUT2D eigenvalue weighted by Crippen LogP contribution is 2.21. The van der Waals surface area contributed by atoms with Crippen LogP contribution in [-0.2, 0) is 6.42 Å². The predicted molar refractivity (Wildman–Crippen MR) is 102 cm³/mol. The van der Waals surface area contributed by atoms with Gasteiger partial charge in [-0.1, -0.05) is 37.3 Å². The summed E-state index contributed by atoms with van der Waals surface area (Å²) in [5, 5.41) is 0. The number of likely N-dealkylation sites (N-methyl/N-ethyl adjacent to an activating group) is 1. The fourth-order valence-corrected chi connectivity index (χ4v) is 4.23. The zero-order chi connectivity index (χ0) is 16.6. The average molecular weight is 330 g/mol. The number of nitrogens with zero attached hydrogens (tertiary/aromatic N) is 3. The van der Waals surface area contributed by atoms with Crippen molar-refractivity contribution in [2.24, 2.45) is 5.92 Å². The van der Waals surface area contributed by atoms with Gasteiger partial charge in [0, 0.05) is 32.7 Å². The molecule has 1 aromatic rings. The molecule has 3 heteroatoms. The van der Waals surface area contributed by atoms with Gasteiger partial charge >= 0.3 is 0 Å². The summed E-state index contributed by atoms with van der Waals surface area (Å²) in [5.41, 5.74) is 1.51. The van der Waals surface area contributed by atoms with Crippen LogP contribution in [0.15, 0.2) is 30.3 Å². The van der Waals surface area contributed by atoms with Crippen LogP contribution >= 0.6 is 0 Å². The van der Waals surface area contributed by atoms with E-state index in [2.05, 4.69) is 52.0 Å².